The van der Waals surface area contributed by atoms with Crippen molar-refractivity contribution in [2.45, 2.75) is 12.8 Å². The molecule has 1 aliphatic rings. The SMILES string of the molecule is Nc1ncc(Oc2ccc(Cl)cc2)c(NC[C@H]2C[C@@H](CO)C2)n1. The number of aliphatic hydroxyl groups is 1. The molecule has 1 aliphatic carbocycles. The van der Waals surface area contributed by atoms with Crippen LogP contribution in [0.25, 0.3) is 0 Å². The lowest BCUT2D eigenvalue weighted by Crippen LogP contribution is -2.31. The maximum absolute atomic E-state index is 9.07. The molecule has 1 saturated carbocycles. The number of nitrogens with two attached hydrogens (primary N) is 1. The second-order valence-electron chi connectivity index (χ2n) is 5.76. The Morgan fingerprint density at radius 2 is 2.00 bits per heavy atom. The molecule has 0 unspecified atom stereocenters. The van der Waals surface area contributed by atoms with Gasteiger partial charge in [0.1, 0.15) is 5.75 Å². The molecule has 0 amide bonds. The van der Waals surface area contributed by atoms with Crippen LogP contribution in [0.1, 0.15) is 12.8 Å². The number of nitrogen functional groups attached to an aromatic ring is 1. The van der Waals surface area contributed by atoms with Crippen LogP contribution in [-0.2, 0) is 0 Å². The number of ether oxygens (including phenoxy) is 1. The molecule has 0 spiro atoms. The first kappa shape index (κ1) is 15.8. The molecular weight excluding hydrogens is 316 g/mol. The van der Waals surface area contributed by atoms with Gasteiger partial charge in [-0.1, -0.05) is 11.6 Å². The zero-order valence-electron chi connectivity index (χ0n) is 12.6. The topological polar surface area (TPSA) is 93.3 Å². The van der Waals surface area contributed by atoms with Crippen molar-refractivity contribution in [2.24, 2.45) is 11.8 Å². The Morgan fingerprint density at radius 3 is 2.70 bits per heavy atom. The van der Waals surface area contributed by atoms with Crippen molar-refractivity contribution in [3.8, 4) is 11.5 Å². The van der Waals surface area contributed by atoms with Crippen molar-refractivity contribution in [3.63, 3.8) is 0 Å². The van der Waals surface area contributed by atoms with Gasteiger partial charge in [0.25, 0.3) is 0 Å². The maximum Gasteiger partial charge on any atom is 0.222 e. The molecule has 122 valence electrons. The van der Waals surface area contributed by atoms with Crippen molar-refractivity contribution in [1.82, 2.24) is 9.97 Å². The minimum atomic E-state index is 0.192. The standard InChI is InChI=1S/C16H19ClN4O2/c17-12-1-3-13(4-2-12)23-14-8-20-16(18)21-15(14)19-7-10-5-11(6-10)9-22/h1-4,8,10-11,22H,5-7,9H2,(H3,18,19,20,21)/t10-,11+. The fourth-order valence-corrected chi connectivity index (χ4v) is 2.77. The minimum Gasteiger partial charge on any atom is -0.452 e. The van der Waals surface area contributed by atoms with E-state index in [1.54, 1.807) is 30.5 Å². The second kappa shape index (κ2) is 7.02. The van der Waals surface area contributed by atoms with E-state index in [0.717, 1.165) is 19.4 Å². The number of hydrogen-bond acceptors (Lipinski definition) is 6. The molecule has 1 aromatic heterocycles. The third-order valence-electron chi connectivity index (χ3n) is 3.96. The summed E-state index contributed by atoms with van der Waals surface area (Å²) < 4.78 is 5.80. The van der Waals surface area contributed by atoms with Gasteiger partial charge in [0, 0.05) is 18.2 Å². The normalized spacial score (nSPS) is 19.9. The molecule has 0 atom stereocenters. The van der Waals surface area contributed by atoms with Crippen molar-refractivity contribution in [2.75, 3.05) is 24.2 Å². The van der Waals surface area contributed by atoms with Crippen LogP contribution in [0.15, 0.2) is 30.5 Å². The van der Waals surface area contributed by atoms with E-state index in [1.807, 2.05) is 0 Å². The number of nitrogens with one attached hydrogen (secondary N) is 1. The van der Waals surface area contributed by atoms with E-state index in [4.69, 9.17) is 27.2 Å². The quantitative estimate of drug-likeness (QED) is 0.752. The van der Waals surface area contributed by atoms with E-state index in [9.17, 15) is 0 Å². The molecule has 23 heavy (non-hydrogen) atoms. The first-order valence-electron chi connectivity index (χ1n) is 7.54. The Kier molecular flexibility index (Phi) is 4.83. The average molecular weight is 335 g/mol. The van der Waals surface area contributed by atoms with E-state index in [2.05, 4.69) is 15.3 Å². The van der Waals surface area contributed by atoms with Crippen LogP contribution in [0.2, 0.25) is 5.02 Å². The number of halogens is 1. The summed E-state index contributed by atoms with van der Waals surface area (Å²) in [5.41, 5.74) is 5.67. The summed E-state index contributed by atoms with van der Waals surface area (Å²) in [6, 6.07) is 7.07. The molecular formula is C16H19ClN4O2. The fourth-order valence-electron chi connectivity index (χ4n) is 2.65. The number of hydrogen-bond donors (Lipinski definition) is 3. The highest BCUT2D eigenvalue weighted by atomic mass is 35.5. The van der Waals surface area contributed by atoms with Gasteiger partial charge in [-0.05, 0) is 48.9 Å². The number of anilines is 2. The Hall–Kier alpha value is -2.05. The summed E-state index contributed by atoms with van der Waals surface area (Å²) in [7, 11) is 0. The second-order valence-corrected chi connectivity index (χ2v) is 6.20. The molecule has 0 aliphatic heterocycles. The Bertz CT molecular complexity index is 660. The monoisotopic (exact) mass is 334 g/mol. The molecule has 1 fully saturated rings. The summed E-state index contributed by atoms with van der Waals surface area (Å²) in [5, 5.41) is 13.0. The van der Waals surface area contributed by atoms with E-state index >= 15 is 0 Å². The zero-order valence-corrected chi connectivity index (χ0v) is 13.3. The third-order valence-corrected chi connectivity index (χ3v) is 4.22. The van der Waals surface area contributed by atoms with E-state index < -0.39 is 0 Å². The van der Waals surface area contributed by atoms with Crippen LogP contribution in [0, 0.1) is 11.8 Å². The lowest BCUT2D eigenvalue weighted by atomic mass is 9.75. The lowest BCUT2D eigenvalue weighted by Gasteiger charge is -2.34. The van der Waals surface area contributed by atoms with Crippen molar-refractivity contribution in [3.05, 3.63) is 35.5 Å². The van der Waals surface area contributed by atoms with Crippen molar-refractivity contribution in [1.29, 1.82) is 0 Å². The van der Waals surface area contributed by atoms with Gasteiger partial charge < -0.3 is 20.9 Å². The smallest absolute Gasteiger partial charge is 0.222 e. The molecule has 4 N–H and O–H groups in total. The Labute approximate surface area is 139 Å². The average Bonchev–Trinajstić information content (AvgIpc) is 2.50. The van der Waals surface area contributed by atoms with E-state index in [-0.39, 0.29) is 12.6 Å². The van der Waals surface area contributed by atoms with Crippen LogP contribution < -0.4 is 15.8 Å². The van der Waals surface area contributed by atoms with E-state index in [1.165, 1.54) is 0 Å². The number of rotatable bonds is 6. The van der Waals surface area contributed by atoms with Crippen molar-refractivity contribution < 1.29 is 9.84 Å². The van der Waals surface area contributed by atoms with Gasteiger partial charge in [0.05, 0.1) is 6.20 Å². The first-order chi connectivity index (χ1) is 11.1. The van der Waals surface area contributed by atoms with Crippen LogP contribution in [0.3, 0.4) is 0 Å². The molecule has 0 bridgehead atoms. The van der Waals surface area contributed by atoms with Crippen molar-refractivity contribution >= 4 is 23.4 Å². The highest BCUT2D eigenvalue weighted by Crippen LogP contribution is 2.34. The number of benzene rings is 1. The highest BCUT2D eigenvalue weighted by molar-refractivity contribution is 6.30. The van der Waals surface area contributed by atoms with Gasteiger partial charge in [0.15, 0.2) is 11.6 Å². The molecule has 7 heteroatoms. The summed E-state index contributed by atoms with van der Waals surface area (Å²) >= 11 is 5.87. The molecule has 2 aromatic rings. The van der Waals surface area contributed by atoms with Crippen LogP contribution in [-0.4, -0.2) is 28.2 Å². The van der Waals surface area contributed by atoms with Crippen LogP contribution in [0.5, 0.6) is 11.5 Å². The molecule has 0 radical (unpaired) electrons. The number of aliphatic hydroxyl groups excluding tert-OH is 1. The Morgan fingerprint density at radius 1 is 1.26 bits per heavy atom. The number of aromatic nitrogens is 2. The predicted molar refractivity (Wildman–Crippen MR) is 89.8 cm³/mol. The number of nitrogens with zero attached hydrogens (tertiary/aromatic N) is 2. The first-order valence-corrected chi connectivity index (χ1v) is 7.92. The Balaban J connectivity index is 1.66. The maximum atomic E-state index is 9.07. The largest absolute Gasteiger partial charge is 0.452 e. The van der Waals surface area contributed by atoms with Crippen LogP contribution in [0.4, 0.5) is 11.8 Å². The summed E-state index contributed by atoms with van der Waals surface area (Å²) in [6.07, 6.45) is 3.60. The molecule has 0 saturated heterocycles. The summed E-state index contributed by atoms with van der Waals surface area (Å²) in [6.45, 7) is 1.03. The summed E-state index contributed by atoms with van der Waals surface area (Å²) in [5.74, 6) is 2.89. The van der Waals surface area contributed by atoms with Gasteiger partial charge >= 0.3 is 0 Å². The third kappa shape index (κ3) is 4.03. The van der Waals surface area contributed by atoms with Gasteiger partial charge in [-0.3, -0.25) is 0 Å². The molecule has 1 heterocycles. The minimum absolute atomic E-state index is 0.192. The fraction of sp³-hybridized carbons (Fsp3) is 0.375. The predicted octanol–water partition coefficient (Wildman–Crippen LogP) is 2.93. The van der Waals surface area contributed by atoms with E-state index in [0.29, 0.717) is 34.2 Å². The molecule has 1 aromatic carbocycles. The summed E-state index contributed by atoms with van der Waals surface area (Å²) in [4.78, 5) is 8.19. The zero-order chi connectivity index (χ0) is 16.2. The van der Waals surface area contributed by atoms with Gasteiger partial charge in [0.2, 0.25) is 5.95 Å². The van der Waals surface area contributed by atoms with Gasteiger partial charge in [-0.2, -0.15) is 4.98 Å². The van der Waals surface area contributed by atoms with Gasteiger partial charge in [-0.15, -0.1) is 0 Å². The van der Waals surface area contributed by atoms with Crippen LogP contribution >= 0.6 is 11.6 Å². The van der Waals surface area contributed by atoms with Gasteiger partial charge in [-0.25, -0.2) is 4.98 Å². The molecule has 6 nitrogen and oxygen atoms in total. The molecule has 3 rings (SSSR count). The lowest BCUT2D eigenvalue weighted by molar-refractivity contribution is 0.114. The highest BCUT2D eigenvalue weighted by Gasteiger charge is 2.28.